The lowest BCUT2D eigenvalue weighted by Crippen LogP contribution is -2.11. The Balaban J connectivity index is 1.87. The summed E-state index contributed by atoms with van der Waals surface area (Å²) in [5.74, 6) is 0.683. The van der Waals surface area contributed by atoms with Crippen LogP contribution in [0.15, 0.2) is 90.0 Å². The van der Waals surface area contributed by atoms with Crippen LogP contribution < -0.4 is 5.14 Å². The zero-order chi connectivity index (χ0) is 19.7. The molecule has 4 rings (SSSR count). The first-order valence-corrected chi connectivity index (χ1v) is 10.4. The summed E-state index contributed by atoms with van der Waals surface area (Å²) < 4.78 is 25.0. The van der Waals surface area contributed by atoms with Gasteiger partial charge in [-0.25, -0.2) is 18.5 Å². The van der Waals surface area contributed by atoms with Gasteiger partial charge in [-0.15, -0.1) is 0 Å². The molecule has 0 saturated heterocycles. The fourth-order valence-corrected chi connectivity index (χ4v) is 3.57. The van der Waals surface area contributed by atoms with Crippen molar-refractivity contribution in [3.63, 3.8) is 0 Å². The van der Waals surface area contributed by atoms with Gasteiger partial charge in [0.25, 0.3) is 0 Å². The van der Waals surface area contributed by atoms with E-state index in [9.17, 15) is 8.42 Å². The van der Waals surface area contributed by atoms with Crippen molar-refractivity contribution in [2.75, 3.05) is 0 Å². The van der Waals surface area contributed by atoms with Crippen molar-refractivity contribution in [2.24, 2.45) is 5.14 Å². The fraction of sp³-hybridized carbons (Fsp3) is 0. The third kappa shape index (κ3) is 3.71. The van der Waals surface area contributed by atoms with Gasteiger partial charge in [0.2, 0.25) is 10.0 Å². The summed E-state index contributed by atoms with van der Waals surface area (Å²) in [6.45, 7) is 0. The van der Waals surface area contributed by atoms with E-state index >= 15 is 0 Å². The molecule has 0 bridgehead atoms. The van der Waals surface area contributed by atoms with Gasteiger partial charge in [0.15, 0.2) is 0 Å². The van der Waals surface area contributed by atoms with Gasteiger partial charge in [-0.05, 0) is 48.5 Å². The smallest absolute Gasteiger partial charge is 0.238 e. The number of hydrogen-bond acceptors (Lipinski definition) is 3. The normalized spacial score (nSPS) is 11.5. The molecule has 3 aromatic carbocycles. The quantitative estimate of drug-likeness (QED) is 0.538. The lowest BCUT2D eigenvalue weighted by Gasteiger charge is -2.08. The number of aromatic nitrogens is 2. The van der Waals surface area contributed by atoms with Crippen LogP contribution in [-0.4, -0.2) is 18.0 Å². The molecule has 0 atom stereocenters. The van der Waals surface area contributed by atoms with Gasteiger partial charge in [0, 0.05) is 28.0 Å². The third-order valence-electron chi connectivity index (χ3n) is 4.32. The Kier molecular flexibility index (Phi) is 4.77. The number of nitrogens with zero attached hydrogens (tertiary/aromatic N) is 2. The first-order chi connectivity index (χ1) is 13.4. The summed E-state index contributed by atoms with van der Waals surface area (Å²) in [6, 6.07) is 23.6. The minimum absolute atomic E-state index is 0.0594. The molecule has 1 heterocycles. The van der Waals surface area contributed by atoms with Crippen LogP contribution in [0, 0.1) is 0 Å². The fourth-order valence-electron chi connectivity index (χ4n) is 2.92. The van der Waals surface area contributed by atoms with Crippen LogP contribution in [-0.2, 0) is 10.0 Å². The molecule has 5 nitrogen and oxygen atoms in total. The van der Waals surface area contributed by atoms with E-state index in [-0.39, 0.29) is 4.90 Å². The summed E-state index contributed by atoms with van der Waals surface area (Å²) in [4.78, 5) is 4.85. The van der Waals surface area contributed by atoms with E-state index in [2.05, 4.69) is 0 Å². The molecule has 0 radical (unpaired) electrons. The Bertz CT molecular complexity index is 1220. The van der Waals surface area contributed by atoms with E-state index in [0.717, 1.165) is 22.5 Å². The molecule has 2 N–H and O–H groups in total. The molecule has 0 unspecified atom stereocenters. The predicted molar refractivity (Wildman–Crippen MR) is 111 cm³/mol. The number of hydrogen-bond donors (Lipinski definition) is 1. The van der Waals surface area contributed by atoms with E-state index in [4.69, 9.17) is 21.7 Å². The number of imidazole rings is 1. The van der Waals surface area contributed by atoms with Gasteiger partial charge in [0.05, 0.1) is 10.6 Å². The first-order valence-electron chi connectivity index (χ1n) is 8.46. The van der Waals surface area contributed by atoms with Crippen LogP contribution in [0.25, 0.3) is 28.3 Å². The van der Waals surface area contributed by atoms with Crippen LogP contribution in [0.5, 0.6) is 0 Å². The Morgan fingerprint density at radius 3 is 2.07 bits per heavy atom. The van der Waals surface area contributed by atoms with Crippen LogP contribution in [0.1, 0.15) is 0 Å². The number of sulfonamides is 1. The zero-order valence-electron chi connectivity index (χ0n) is 14.7. The van der Waals surface area contributed by atoms with E-state index in [0.29, 0.717) is 10.8 Å². The van der Waals surface area contributed by atoms with E-state index in [1.165, 1.54) is 12.1 Å². The average Bonchev–Trinajstić information content (AvgIpc) is 3.14. The van der Waals surface area contributed by atoms with Crippen LogP contribution >= 0.6 is 11.6 Å². The number of halogens is 1. The number of benzene rings is 3. The maximum atomic E-state index is 11.5. The molecule has 1 aromatic heterocycles. The molecule has 140 valence electrons. The summed E-state index contributed by atoms with van der Waals surface area (Å²) in [7, 11) is -3.75. The Labute approximate surface area is 168 Å². The topological polar surface area (TPSA) is 78.0 Å². The van der Waals surface area contributed by atoms with Gasteiger partial charge in [0.1, 0.15) is 5.82 Å². The van der Waals surface area contributed by atoms with Gasteiger partial charge in [-0.3, -0.25) is 4.57 Å². The molecule has 0 amide bonds. The maximum absolute atomic E-state index is 11.5. The van der Waals surface area contributed by atoms with Crippen molar-refractivity contribution in [3.05, 3.63) is 90.1 Å². The molecule has 4 aromatic rings. The molecule has 0 aliphatic heterocycles. The van der Waals surface area contributed by atoms with Crippen molar-refractivity contribution in [3.8, 4) is 28.3 Å². The molecule has 0 aliphatic rings. The number of nitrogens with two attached hydrogens (primary N) is 1. The van der Waals surface area contributed by atoms with E-state index in [1.807, 2.05) is 65.4 Å². The van der Waals surface area contributed by atoms with Crippen LogP contribution in [0.2, 0.25) is 5.02 Å². The minimum atomic E-state index is -3.75. The van der Waals surface area contributed by atoms with Gasteiger partial charge in [-0.1, -0.05) is 41.9 Å². The van der Waals surface area contributed by atoms with E-state index in [1.54, 1.807) is 12.1 Å². The zero-order valence-corrected chi connectivity index (χ0v) is 16.2. The minimum Gasteiger partial charge on any atom is -0.299 e. The van der Waals surface area contributed by atoms with Gasteiger partial charge in [-0.2, -0.15) is 0 Å². The molecule has 0 spiro atoms. The third-order valence-corrected chi connectivity index (χ3v) is 5.50. The molecular formula is C21H16ClN3O2S. The number of primary sulfonamides is 1. The highest BCUT2D eigenvalue weighted by Gasteiger charge is 2.14. The molecular weight excluding hydrogens is 394 g/mol. The second-order valence-corrected chi connectivity index (χ2v) is 8.23. The van der Waals surface area contributed by atoms with Crippen molar-refractivity contribution >= 4 is 21.6 Å². The second-order valence-electron chi connectivity index (χ2n) is 6.23. The standard InChI is InChI=1S/C21H16ClN3O2S/c22-17-8-10-18(11-9-17)25-14-20(15-4-2-1-3-5-15)24-21(25)16-6-12-19(13-7-16)28(23,26)27/h1-14H,(H2,23,26,27). The lowest BCUT2D eigenvalue weighted by molar-refractivity contribution is 0.598. The second kappa shape index (κ2) is 7.24. The molecule has 7 heteroatoms. The highest BCUT2D eigenvalue weighted by Crippen LogP contribution is 2.29. The van der Waals surface area contributed by atoms with Crippen molar-refractivity contribution in [1.82, 2.24) is 9.55 Å². The average molecular weight is 410 g/mol. The van der Waals surface area contributed by atoms with Crippen LogP contribution in [0.4, 0.5) is 0 Å². The van der Waals surface area contributed by atoms with Crippen molar-refractivity contribution in [1.29, 1.82) is 0 Å². The number of rotatable bonds is 4. The van der Waals surface area contributed by atoms with Crippen molar-refractivity contribution in [2.45, 2.75) is 4.90 Å². The molecule has 28 heavy (non-hydrogen) atoms. The lowest BCUT2D eigenvalue weighted by atomic mass is 10.2. The van der Waals surface area contributed by atoms with Gasteiger partial charge >= 0.3 is 0 Å². The Hall–Kier alpha value is -2.93. The monoisotopic (exact) mass is 409 g/mol. The Morgan fingerprint density at radius 1 is 0.821 bits per heavy atom. The van der Waals surface area contributed by atoms with E-state index < -0.39 is 10.0 Å². The first kappa shape index (κ1) is 18.4. The highest BCUT2D eigenvalue weighted by molar-refractivity contribution is 7.89. The maximum Gasteiger partial charge on any atom is 0.238 e. The summed E-state index contributed by atoms with van der Waals surface area (Å²) in [5, 5.41) is 5.84. The highest BCUT2D eigenvalue weighted by atomic mass is 35.5. The van der Waals surface area contributed by atoms with Gasteiger partial charge < -0.3 is 0 Å². The Morgan fingerprint density at radius 2 is 1.46 bits per heavy atom. The van der Waals surface area contributed by atoms with Crippen LogP contribution in [0.3, 0.4) is 0 Å². The predicted octanol–water partition coefficient (Wildman–Crippen LogP) is 4.51. The molecule has 0 saturated carbocycles. The molecule has 0 aliphatic carbocycles. The molecule has 0 fully saturated rings. The largest absolute Gasteiger partial charge is 0.299 e. The summed E-state index contributed by atoms with van der Waals surface area (Å²) in [5.41, 5.74) is 3.45. The SMILES string of the molecule is NS(=O)(=O)c1ccc(-c2nc(-c3ccccc3)cn2-c2ccc(Cl)cc2)cc1. The summed E-state index contributed by atoms with van der Waals surface area (Å²) >= 11 is 6.02. The van der Waals surface area contributed by atoms with Crippen molar-refractivity contribution < 1.29 is 8.42 Å². The summed E-state index contributed by atoms with van der Waals surface area (Å²) in [6.07, 6.45) is 1.95.